The van der Waals surface area contributed by atoms with Crippen LogP contribution in [-0.4, -0.2) is 4.57 Å². The van der Waals surface area contributed by atoms with Crippen LogP contribution in [0.5, 0.6) is 11.5 Å². The highest BCUT2D eigenvalue weighted by molar-refractivity contribution is 6.10. The molecule has 0 bridgehead atoms. The van der Waals surface area contributed by atoms with E-state index < -0.39 is 0 Å². The number of hydrogen-bond acceptors (Lipinski definition) is 1. The third kappa shape index (κ3) is 2.47. The van der Waals surface area contributed by atoms with Crippen molar-refractivity contribution in [3.05, 3.63) is 126 Å². The molecule has 1 aliphatic heterocycles. The van der Waals surface area contributed by atoms with Gasteiger partial charge in [0.25, 0.3) is 0 Å². The standard InChI is InChI=1S/C30H21NO/c1-2-10-20(11-3-1)31-27-16-8-6-14-23(27)25-18-26-22-13-5-4-12-21(22)24-15-7-9-17-29(24)32-30(26)19-28(25)31/h1-19,21-22H. The first-order chi connectivity index (χ1) is 15.9. The maximum absolute atomic E-state index is 6.61. The van der Waals surface area contributed by atoms with Gasteiger partial charge in [0.05, 0.1) is 11.0 Å². The number of nitrogens with zero attached hydrogens (tertiary/aromatic N) is 1. The monoisotopic (exact) mass is 411 g/mol. The van der Waals surface area contributed by atoms with Crippen LogP contribution < -0.4 is 4.74 Å². The van der Waals surface area contributed by atoms with E-state index in [0.717, 1.165) is 17.2 Å². The summed E-state index contributed by atoms with van der Waals surface area (Å²) in [6, 6.07) is 32.3. The van der Waals surface area contributed by atoms with Crippen molar-refractivity contribution in [2.24, 2.45) is 0 Å². The fraction of sp³-hybridized carbons (Fsp3) is 0.0667. The van der Waals surface area contributed by atoms with E-state index in [-0.39, 0.29) is 11.8 Å². The summed E-state index contributed by atoms with van der Waals surface area (Å²) in [7, 11) is 0. The summed E-state index contributed by atoms with van der Waals surface area (Å²) in [5.41, 5.74) is 6.03. The lowest BCUT2D eigenvalue weighted by molar-refractivity contribution is 0.479. The Balaban J connectivity index is 1.58. The topological polar surface area (TPSA) is 14.2 Å². The second kappa shape index (κ2) is 6.73. The molecule has 4 aromatic carbocycles. The zero-order valence-electron chi connectivity index (χ0n) is 17.5. The van der Waals surface area contributed by atoms with Crippen LogP contribution in [0, 0.1) is 0 Å². The molecule has 1 aromatic heterocycles. The second-order valence-corrected chi connectivity index (χ2v) is 8.56. The maximum atomic E-state index is 6.61. The normalized spacial score (nSPS) is 18.6. The largest absolute Gasteiger partial charge is 0.457 e. The Bertz CT molecular complexity index is 1550. The lowest BCUT2D eigenvalue weighted by atomic mass is 9.79. The van der Waals surface area contributed by atoms with Crippen molar-refractivity contribution >= 4 is 21.8 Å². The van der Waals surface area contributed by atoms with E-state index in [4.69, 9.17) is 4.74 Å². The summed E-state index contributed by atoms with van der Waals surface area (Å²) in [4.78, 5) is 0. The Kier molecular flexibility index (Phi) is 3.71. The number of hydrogen-bond donors (Lipinski definition) is 0. The summed E-state index contributed by atoms with van der Waals surface area (Å²) >= 11 is 0. The Morgan fingerprint density at radius 1 is 0.562 bits per heavy atom. The number of aromatic nitrogens is 1. The Labute approximate surface area is 186 Å². The van der Waals surface area contributed by atoms with Gasteiger partial charge < -0.3 is 9.30 Å². The summed E-state index contributed by atoms with van der Waals surface area (Å²) < 4.78 is 8.95. The summed E-state index contributed by atoms with van der Waals surface area (Å²) in [6.07, 6.45) is 8.94. The molecular weight excluding hydrogens is 390 g/mol. The van der Waals surface area contributed by atoms with Crippen LogP contribution in [0.1, 0.15) is 23.0 Å². The average molecular weight is 412 g/mol. The van der Waals surface area contributed by atoms with E-state index in [1.165, 1.54) is 32.9 Å². The highest BCUT2D eigenvalue weighted by Crippen LogP contribution is 2.50. The molecule has 0 spiro atoms. The van der Waals surface area contributed by atoms with E-state index in [1.54, 1.807) is 0 Å². The van der Waals surface area contributed by atoms with Gasteiger partial charge in [-0.15, -0.1) is 0 Å². The van der Waals surface area contributed by atoms with Crippen LogP contribution in [-0.2, 0) is 0 Å². The first-order valence-corrected chi connectivity index (χ1v) is 11.1. The summed E-state index contributed by atoms with van der Waals surface area (Å²) in [6.45, 7) is 0. The van der Waals surface area contributed by atoms with E-state index in [1.807, 2.05) is 0 Å². The predicted molar refractivity (Wildman–Crippen MR) is 131 cm³/mol. The minimum atomic E-state index is 0.252. The predicted octanol–water partition coefficient (Wildman–Crippen LogP) is 7.88. The lowest BCUT2D eigenvalue weighted by Gasteiger charge is -2.23. The molecule has 1 aliphatic carbocycles. The molecule has 2 aliphatic rings. The van der Waals surface area contributed by atoms with Crippen molar-refractivity contribution in [2.45, 2.75) is 11.8 Å². The zero-order chi connectivity index (χ0) is 21.1. The van der Waals surface area contributed by atoms with Gasteiger partial charge >= 0.3 is 0 Å². The van der Waals surface area contributed by atoms with Crippen LogP contribution >= 0.6 is 0 Å². The molecule has 32 heavy (non-hydrogen) atoms. The number of rotatable bonds is 1. The van der Waals surface area contributed by atoms with Gasteiger partial charge in [-0.05, 0) is 30.3 Å². The van der Waals surface area contributed by atoms with Crippen LogP contribution in [0.15, 0.2) is 115 Å². The molecule has 0 saturated heterocycles. The molecule has 2 nitrogen and oxygen atoms in total. The molecule has 2 unspecified atom stereocenters. The summed E-state index contributed by atoms with van der Waals surface area (Å²) in [5.74, 6) is 2.42. The second-order valence-electron chi connectivity index (χ2n) is 8.56. The third-order valence-corrected chi connectivity index (χ3v) is 6.81. The molecule has 2 heterocycles. The van der Waals surface area contributed by atoms with Gasteiger partial charge in [-0.25, -0.2) is 0 Å². The van der Waals surface area contributed by atoms with Gasteiger partial charge in [0, 0.05) is 45.5 Å². The number of fused-ring (bicyclic) bond motifs is 8. The molecule has 0 saturated carbocycles. The van der Waals surface area contributed by atoms with E-state index in [2.05, 4.69) is 120 Å². The Morgan fingerprint density at radius 2 is 1.28 bits per heavy atom. The quantitative estimate of drug-likeness (QED) is 0.274. The minimum Gasteiger partial charge on any atom is -0.457 e. The van der Waals surface area contributed by atoms with Crippen LogP contribution in [0.3, 0.4) is 0 Å². The molecule has 0 N–H and O–H groups in total. The first kappa shape index (κ1) is 17.6. The van der Waals surface area contributed by atoms with Gasteiger partial charge in [0.15, 0.2) is 0 Å². The molecule has 7 rings (SSSR count). The number of ether oxygens (including phenoxy) is 1. The van der Waals surface area contributed by atoms with Gasteiger partial charge in [-0.2, -0.15) is 0 Å². The molecule has 0 amide bonds. The molecule has 0 radical (unpaired) electrons. The third-order valence-electron chi connectivity index (χ3n) is 6.81. The Hall–Kier alpha value is -4.04. The number of benzene rings is 4. The molecule has 0 fully saturated rings. The van der Waals surface area contributed by atoms with Crippen LogP contribution in [0.25, 0.3) is 27.5 Å². The van der Waals surface area contributed by atoms with Gasteiger partial charge in [0.2, 0.25) is 0 Å². The lowest BCUT2D eigenvalue weighted by Crippen LogP contribution is -2.08. The van der Waals surface area contributed by atoms with E-state index in [9.17, 15) is 0 Å². The van der Waals surface area contributed by atoms with Gasteiger partial charge in [-0.1, -0.05) is 78.9 Å². The molecule has 2 atom stereocenters. The van der Waals surface area contributed by atoms with Crippen molar-refractivity contribution < 1.29 is 4.74 Å². The van der Waals surface area contributed by atoms with Crippen molar-refractivity contribution in [2.75, 3.05) is 0 Å². The number of allylic oxidation sites excluding steroid dienone is 4. The highest BCUT2D eigenvalue weighted by Gasteiger charge is 2.31. The van der Waals surface area contributed by atoms with Crippen molar-refractivity contribution in [1.82, 2.24) is 4.57 Å². The smallest absolute Gasteiger partial charge is 0.133 e. The first-order valence-electron chi connectivity index (χ1n) is 11.1. The summed E-state index contributed by atoms with van der Waals surface area (Å²) in [5, 5.41) is 2.53. The molecule has 5 aromatic rings. The highest BCUT2D eigenvalue weighted by atomic mass is 16.5. The molecular formula is C30H21NO. The Morgan fingerprint density at radius 3 is 2.16 bits per heavy atom. The SMILES string of the molecule is C1=CC2c3ccccc3Oc3cc4c(cc3C2C=C1)c1ccccc1n4-c1ccccc1. The van der Waals surface area contributed by atoms with Gasteiger partial charge in [-0.3, -0.25) is 0 Å². The molecule has 152 valence electrons. The van der Waals surface area contributed by atoms with Crippen LogP contribution in [0.4, 0.5) is 0 Å². The van der Waals surface area contributed by atoms with Gasteiger partial charge in [0.1, 0.15) is 11.5 Å². The minimum absolute atomic E-state index is 0.252. The fourth-order valence-electron chi connectivity index (χ4n) is 5.39. The maximum Gasteiger partial charge on any atom is 0.133 e. The van der Waals surface area contributed by atoms with Crippen molar-refractivity contribution in [1.29, 1.82) is 0 Å². The zero-order valence-corrected chi connectivity index (χ0v) is 17.5. The van der Waals surface area contributed by atoms with Crippen molar-refractivity contribution in [3.63, 3.8) is 0 Å². The molecule has 2 heteroatoms. The number of para-hydroxylation sites is 3. The average Bonchev–Trinajstić information content (AvgIpc) is 3.10. The van der Waals surface area contributed by atoms with Crippen molar-refractivity contribution in [3.8, 4) is 17.2 Å². The fourth-order valence-corrected chi connectivity index (χ4v) is 5.39. The van der Waals surface area contributed by atoms with E-state index in [0.29, 0.717) is 0 Å². The van der Waals surface area contributed by atoms with Crippen LogP contribution in [0.2, 0.25) is 0 Å². The van der Waals surface area contributed by atoms with E-state index >= 15 is 0 Å².